The Morgan fingerprint density at radius 3 is 2.30 bits per heavy atom. The van der Waals surface area contributed by atoms with E-state index in [1.807, 2.05) is 26.0 Å². The molecule has 0 aliphatic heterocycles. The number of guanidine groups is 1. The number of hydrogen-bond acceptors (Lipinski definition) is 4. The van der Waals surface area contributed by atoms with Crippen molar-refractivity contribution < 1.29 is 9.47 Å². The van der Waals surface area contributed by atoms with E-state index in [0.717, 1.165) is 42.7 Å². The van der Waals surface area contributed by atoms with E-state index in [-0.39, 0.29) is 6.04 Å². The van der Waals surface area contributed by atoms with Gasteiger partial charge in [-0.05, 0) is 58.9 Å². The molecular formula is C21H38N4O2. The van der Waals surface area contributed by atoms with Crippen molar-refractivity contribution in [3.05, 3.63) is 23.8 Å². The highest BCUT2D eigenvalue weighted by atomic mass is 16.5. The fraction of sp³-hybridized carbons (Fsp3) is 0.667. The summed E-state index contributed by atoms with van der Waals surface area (Å²) in [6.45, 7) is 16.8. The van der Waals surface area contributed by atoms with Gasteiger partial charge >= 0.3 is 0 Å². The van der Waals surface area contributed by atoms with Gasteiger partial charge in [0.1, 0.15) is 0 Å². The third-order valence-electron chi connectivity index (χ3n) is 4.47. The van der Waals surface area contributed by atoms with Crippen LogP contribution in [0.4, 0.5) is 0 Å². The Kier molecular flexibility index (Phi) is 10.6. The topological polar surface area (TPSA) is 58.1 Å². The molecule has 0 saturated carbocycles. The van der Waals surface area contributed by atoms with E-state index in [0.29, 0.717) is 19.3 Å². The number of likely N-dealkylation sites (N-methyl/N-ethyl adjacent to an activating group) is 1. The van der Waals surface area contributed by atoms with Crippen LogP contribution in [0.3, 0.4) is 0 Å². The highest BCUT2D eigenvalue weighted by Gasteiger charge is 2.13. The predicted molar refractivity (Wildman–Crippen MR) is 114 cm³/mol. The molecule has 1 rings (SSSR count). The van der Waals surface area contributed by atoms with Crippen LogP contribution in [-0.4, -0.2) is 56.8 Å². The molecule has 2 N–H and O–H groups in total. The summed E-state index contributed by atoms with van der Waals surface area (Å²) in [4.78, 5) is 6.77. The summed E-state index contributed by atoms with van der Waals surface area (Å²) < 4.78 is 11.4. The third kappa shape index (κ3) is 7.67. The van der Waals surface area contributed by atoms with Gasteiger partial charge in [-0.2, -0.15) is 0 Å². The maximum atomic E-state index is 5.73. The molecule has 0 radical (unpaired) electrons. The molecule has 0 saturated heterocycles. The summed E-state index contributed by atoms with van der Waals surface area (Å²) in [5.41, 5.74) is 1.13. The molecule has 27 heavy (non-hydrogen) atoms. The van der Waals surface area contributed by atoms with Crippen LogP contribution in [0, 0.1) is 0 Å². The Hall–Kier alpha value is -1.95. The van der Waals surface area contributed by atoms with Crippen LogP contribution in [0.25, 0.3) is 0 Å². The summed E-state index contributed by atoms with van der Waals surface area (Å²) in [5.74, 6) is 2.37. The number of benzene rings is 1. The molecule has 154 valence electrons. The van der Waals surface area contributed by atoms with Gasteiger partial charge in [-0.15, -0.1) is 0 Å². The highest BCUT2D eigenvalue weighted by Crippen LogP contribution is 2.30. The van der Waals surface area contributed by atoms with Gasteiger partial charge in [0.15, 0.2) is 17.5 Å². The van der Waals surface area contributed by atoms with Crippen LogP contribution in [0.2, 0.25) is 0 Å². The second-order valence-corrected chi connectivity index (χ2v) is 6.66. The first-order valence-electron chi connectivity index (χ1n) is 10.1. The van der Waals surface area contributed by atoms with E-state index in [2.05, 4.69) is 54.3 Å². The van der Waals surface area contributed by atoms with Crippen LogP contribution in [0.5, 0.6) is 11.5 Å². The van der Waals surface area contributed by atoms with Crippen LogP contribution in [0.1, 0.15) is 53.1 Å². The zero-order valence-electron chi connectivity index (χ0n) is 18.1. The van der Waals surface area contributed by atoms with Crippen molar-refractivity contribution in [3.63, 3.8) is 0 Å². The lowest BCUT2D eigenvalue weighted by molar-refractivity contribution is 0.237. The summed E-state index contributed by atoms with van der Waals surface area (Å²) in [5, 5.41) is 6.85. The molecule has 0 aromatic heterocycles. The first-order valence-corrected chi connectivity index (χ1v) is 10.1. The molecule has 1 aromatic carbocycles. The Morgan fingerprint density at radius 2 is 1.74 bits per heavy atom. The quantitative estimate of drug-likeness (QED) is 0.456. The molecule has 1 aromatic rings. The Labute approximate surface area is 165 Å². The average Bonchev–Trinajstić information content (AvgIpc) is 2.65. The van der Waals surface area contributed by atoms with E-state index in [1.165, 1.54) is 0 Å². The minimum atomic E-state index is 0.0958. The molecule has 0 aliphatic carbocycles. The highest BCUT2D eigenvalue weighted by molar-refractivity contribution is 5.80. The summed E-state index contributed by atoms with van der Waals surface area (Å²) >= 11 is 0. The van der Waals surface area contributed by atoms with Crippen LogP contribution >= 0.6 is 0 Å². The van der Waals surface area contributed by atoms with Crippen LogP contribution < -0.4 is 20.1 Å². The standard InChI is InChI=1S/C21H38N4O2/c1-8-25(16(4)5)14-13-23-21(22-7)24-17(6)18-11-12-19(26-9-2)20(15-18)27-10-3/h11-12,15-17H,8-10,13-14H2,1-7H3,(H2,22,23,24). The monoisotopic (exact) mass is 378 g/mol. The maximum absolute atomic E-state index is 5.73. The number of hydrogen-bond donors (Lipinski definition) is 2. The number of nitrogens with one attached hydrogen (secondary N) is 2. The summed E-state index contributed by atoms with van der Waals surface area (Å²) in [6, 6.07) is 6.72. The molecular weight excluding hydrogens is 340 g/mol. The number of rotatable bonds is 11. The second-order valence-electron chi connectivity index (χ2n) is 6.66. The third-order valence-corrected chi connectivity index (χ3v) is 4.47. The van der Waals surface area contributed by atoms with E-state index in [1.54, 1.807) is 7.05 Å². The van der Waals surface area contributed by atoms with E-state index in [9.17, 15) is 0 Å². The van der Waals surface area contributed by atoms with Crippen molar-refractivity contribution >= 4 is 5.96 Å². The minimum Gasteiger partial charge on any atom is -0.490 e. The van der Waals surface area contributed by atoms with Crippen LogP contribution in [0.15, 0.2) is 23.2 Å². The largest absolute Gasteiger partial charge is 0.490 e. The lowest BCUT2D eigenvalue weighted by Crippen LogP contribution is -2.43. The van der Waals surface area contributed by atoms with Gasteiger partial charge in [-0.1, -0.05) is 13.0 Å². The lowest BCUT2D eigenvalue weighted by Gasteiger charge is -2.25. The van der Waals surface area contributed by atoms with Gasteiger partial charge in [0.05, 0.1) is 19.3 Å². The molecule has 0 aliphatic rings. The van der Waals surface area contributed by atoms with Crippen molar-refractivity contribution in [2.75, 3.05) is 39.9 Å². The maximum Gasteiger partial charge on any atom is 0.191 e. The Balaban J connectivity index is 2.69. The van der Waals surface area contributed by atoms with Crippen molar-refractivity contribution in [1.82, 2.24) is 15.5 Å². The zero-order valence-corrected chi connectivity index (χ0v) is 18.1. The van der Waals surface area contributed by atoms with E-state index in [4.69, 9.17) is 9.47 Å². The van der Waals surface area contributed by atoms with Crippen LogP contribution in [-0.2, 0) is 0 Å². The molecule has 6 heteroatoms. The fourth-order valence-electron chi connectivity index (χ4n) is 2.92. The first-order chi connectivity index (χ1) is 13.0. The molecule has 0 heterocycles. The van der Waals surface area contributed by atoms with Crippen molar-refractivity contribution in [2.45, 2.75) is 53.6 Å². The van der Waals surface area contributed by atoms with Crippen molar-refractivity contribution in [1.29, 1.82) is 0 Å². The Morgan fingerprint density at radius 1 is 1.07 bits per heavy atom. The Bertz CT molecular complexity index is 575. The zero-order chi connectivity index (χ0) is 20.2. The van der Waals surface area contributed by atoms with Gasteiger partial charge in [-0.3, -0.25) is 9.89 Å². The van der Waals surface area contributed by atoms with Crippen molar-refractivity contribution in [3.8, 4) is 11.5 Å². The normalized spacial score (nSPS) is 13.0. The van der Waals surface area contributed by atoms with Gasteiger partial charge in [0.25, 0.3) is 0 Å². The van der Waals surface area contributed by atoms with E-state index >= 15 is 0 Å². The predicted octanol–water partition coefficient (Wildman–Crippen LogP) is 3.44. The summed E-state index contributed by atoms with van der Waals surface area (Å²) in [6.07, 6.45) is 0. The molecule has 1 atom stereocenters. The van der Waals surface area contributed by atoms with Gasteiger partial charge in [0.2, 0.25) is 0 Å². The minimum absolute atomic E-state index is 0.0958. The molecule has 0 bridgehead atoms. The van der Waals surface area contributed by atoms with Gasteiger partial charge in [-0.25, -0.2) is 0 Å². The fourth-order valence-corrected chi connectivity index (χ4v) is 2.92. The summed E-state index contributed by atoms with van der Waals surface area (Å²) in [7, 11) is 1.80. The lowest BCUT2D eigenvalue weighted by atomic mass is 10.1. The van der Waals surface area contributed by atoms with E-state index < -0.39 is 0 Å². The molecule has 1 unspecified atom stereocenters. The number of aliphatic imine (C=N–C) groups is 1. The smallest absolute Gasteiger partial charge is 0.191 e. The molecule has 0 amide bonds. The van der Waals surface area contributed by atoms with Gasteiger partial charge < -0.3 is 20.1 Å². The SMILES string of the molecule is CCOc1ccc(C(C)NC(=NC)NCCN(CC)C(C)C)cc1OCC. The second kappa shape index (κ2) is 12.4. The number of nitrogens with zero attached hydrogens (tertiary/aromatic N) is 2. The van der Waals surface area contributed by atoms with Crippen molar-refractivity contribution in [2.24, 2.45) is 4.99 Å². The van der Waals surface area contributed by atoms with Gasteiger partial charge in [0, 0.05) is 26.2 Å². The molecule has 0 spiro atoms. The first kappa shape index (κ1) is 23.1. The number of ether oxygens (including phenoxy) is 2. The average molecular weight is 379 g/mol. The molecule has 6 nitrogen and oxygen atoms in total. The molecule has 0 fully saturated rings.